The van der Waals surface area contributed by atoms with Crippen LogP contribution < -0.4 is 0 Å². The molecule has 1 N–H and O–H groups in total. The van der Waals surface area contributed by atoms with Crippen LogP contribution in [0.4, 0.5) is 0 Å². The van der Waals surface area contributed by atoms with Crippen molar-refractivity contribution in [1.29, 1.82) is 0 Å². The molecule has 3 rings (SSSR count). The molecule has 0 aromatic carbocycles. The molecule has 6 nitrogen and oxygen atoms in total. The second-order valence-corrected chi connectivity index (χ2v) is 7.99. The molecule has 0 aromatic heterocycles. The predicted octanol–water partition coefficient (Wildman–Crippen LogP) is 0.0139. The van der Waals surface area contributed by atoms with Gasteiger partial charge in [0.15, 0.2) is 0 Å². The molecule has 23 heavy (non-hydrogen) atoms. The number of rotatable bonds is 3. The molecule has 3 fully saturated rings. The van der Waals surface area contributed by atoms with E-state index in [2.05, 4.69) is 23.8 Å². The van der Waals surface area contributed by atoms with Gasteiger partial charge in [-0.3, -0.25) is 9.69 Å². The molecule has 0 aliphatic carbocycles. The highest BCUT2D eigenvalue weighted by Gasteiger charge is 2.45. The lowest BCUT2D eigenvalue weighted by Crippen LogP contribution is -2.52. The molecule has 0 saturated carbocycles. The average Bonchev–Trinajstić information content (AvgIpc) is 2.89. The van der Waals surface area contributed by atoms with Crippen molar-refractivity contribution >= 4 is 5.91 Å². The van der Waals surface area contributed by atoms with Crippen LogP contribution in [-0.2, 0) is 9.53 Å². The Bertz CT molecular complexity index is 441. The molecule has 3 aliphatic rings. The molecular formula is C17H31N3O3. The van der Waals surface area contributed by atoms with Crippen LogP contribution in [0, 0.1) is 5.41 Å². The zero-order valence-electron chi connectivity index (χ0n) is 14.6. The Morgan fingerprint density at radius 3 is 2.57 bits per heavy atom. The molecule has 132 valence electrons. The average molecular weight is 325 g/mol. The number of hydrogen-bond acceptors (Lipinski definition) is 5. The first kappa shape index (κ1) is 17.1. The highest BCUT2D eigenvalue weighted by atomic mass is 16.5. The van der Waals surface area contributed by atoms with Crippen LogP contribution >= 0.6 is 0 Å². The van der Waals surface area contributed by atoms with Crippen molar-refractivity contribution in [3.8, 4) is 0 Å². The molecule has 3 heterocycles. The first-order valence-electron chi connectivity index (χ1n) is 8.91. The smallest absolute Gasteiger partial charge is 0.229 e. The lowest BCUT2D eigenvalue weighted by atomic mass is 9.80. The van der Waals surface area contributed by atoms with Gasteiger partial charge in [-0.15, -0.1) is 0 Å². The van der Waals surface area contributed by atoms with Gasteiger partial charge in [-0.05, 0) is 39.8 Å². The van der Waals surface area contributed by atoms with Crippen molar-refractivity contribution in [3.05, 3.63) is 0 Å². The van der Waals surface area contributed by atoms with Crippen LogP contribution in [-0.4, -0.2) is 97.4 Å². The van der Waals surface area contributed by atoms with Gasteiger partial charge in [0.1, 0.15) is 0 Å². The van der Waals surface area contributed by atoms with Crippen molar-refractivity contribution in [2.45, 2.75) is 31.8 Å². The van der Waals surface area contributed by atoms with Crippen LogP contribution in [0.1, 0.15) is 26.2 Å². The van der Waals surface area contributed by atoms with Crippen molar-refractivity contribution in [1.82, 2.24) is 14.7 Å². The summed E-state index contributed by atoms with van der Waals surface area (Å²) in [5, 5.41) is 10.9. The summed E-state index contributed by atoms with van der Waals surface area (Å²) in [4.78, 5) is 19.4. The van der Waals surface area contributed by atoms with Gasteiger partial charge in [-0.25, -0.2) is 0 Å². The first-order valence-corrected chi connectivity index (χ1v) is 8.91. The van der Waals surface area contributed by atoms with Gasteiger partial charge in [0.2, 0.25) is 5.91 Å². The van der Waals surface area contributed by atoms with Crippen LogP contribution in [0.2, 0.25) is 0 Å². The molecule has 3 saturated heterocycles. The van der Waals surface area contributed by atoms with Gasteiger partial charge >= 0.3 is 0 Å². The largest absolute Gasteiger partial charge is 0.387 e. The molecule has 3 aliphatic heterocycles. The van der Waals surface area contributed by atoms with Gasteiger partial charge < -0.3 is 19.6 Å². The van der Waals surface area contributed by atoms with E-state index in [1.165, 1.54) is 0 Å². The van der Waals surface area contributed by atoms with Crippen molar-refractivity contribution in [2.24, 2.45) is 5.41 Å². The van der Waals surface area contributed by atoms with Gasteiger partial charge in [0, 0.05) is 32.7 Å². The normalized spacial score (nSPS) is 37.3. The molecule has 0 bridgehead atoms. The van der Waals surface area contributed by atoms with E-state index < -0.39 is 5.60 Å². The third kappa shape index (κ3) is 3.87. The van der Waals surface area contributed by atoms with Crippen molar-refractivity contribution in [3.63, 3.8) is 0 Å². The van der Waals surface area contributed by atoms with E-state index in [9.17, 15) is 9.90 Å². The fraction of sp³-hybridized carbons (Fsp3) is 0.941. The number of likely N-dealkylation sites (tertiary alicyclic amines) is 2. The molecule has 2 atom stereocenters. The summed E-state index contributed by atoms with van der Waals surface area (Å²) in [6.45, 7) is 9.01. The molecular weight excluding hydrogens is 294 g/mol. The summed E-state index contributed by atoms with van der Waals surface area (Å²) in [5.74, 6) is 0.224. The van der Waals surface area contributed by atoms with E-state index in [1.807, 2.05) is 4.90 Å². The number of amides is 1. The van der Waals surface area contributed by atoms with E-state index >= 15 is 0 Å². The van der Waals surface area contributed by atoms with Gasteiger partial charge in [0.25, 0.3) is 0 Å². The van der Waals surface area contributed by atoms with Gasteiger partial charge in [-0.2, -0.15) is 0 Å². The lowest BCUT2D eigenvalue weighted by Gasteiger charge is -2.40. The number of hydrogen-bond donors (Lipinski definition) is 1. The van der Waals surface area contributed by atoms with E-state index in [0.29, 0.717) is 26.1 Å². The van der Waals surface area contributed by atoms with Gasteiger partial charge in [-0.1, -0.05) is 0 Å². The molecule has 0 unspecified atom stereocenters. The molecule has 1 amide bonds. The standard InChI is InChI=1S/C17H31N3O3/c1-16(4-3-6-18(2)12-16)15(21)20-7-5-17(22,14-20)13-19-8-10-23-11-9-19/h22H,3-14H2,1-2H3/t16-,17-/m0/s1. The second kappa shape index (κ2) is 6.67. The van der Waals surface area contributed by atoms with Crippen LogP contribution in [0.25, 0.3) is 0 Å². The first-order chi connectivity index (χ1) is 10.9. The molecule has 0 spiro atoms. The lowest BCUT2D eigenvalue weighted by molar-refractivity contribution is -0.144. The maximum Gasteiger partial charge on any atom is 0.229 e. The predicted molar refractivity (Wildman–Crippen MR) is 88.2 cm³/mol. The zero-order chi connectivity index (χ0) is 16.5. The Hall–Kier alpha value is -0.690. The topological polar surface area (TPSA) is 56.2 Å². The summed E-state index contributed by atoms with van der Waals surface area (Å²) >= 11 is 0. The number of aliphatic hydroxyl groups is 1. The fourth-order valence-electron chi connectivity index (χ4n) is 4.38. The molecule has 0 radical (unpaired) electrons. The summed E-state index contributed by atoms with van der Waals surface area (Å²) in [6, 6.07) is 0. The Labute approximate surface area is 139 Å². The van der Waals surface area contributed by atoms with Crippen LogP contribution in [0.5, 0.6) is 0 Å². The second-order valence-electron chi connectivity index (χ2n) is 7.99. The van der Waals surface area contributed by atoms with Crippen LogP contribution in [0.15, 0.2) is 0 Å². The number of β-amino-alcohol motifs (C(OH)–C–C–N with tert-alkyl or cyclic N) is 1. The zero-order valence-corrected chi connectivity index (χ0v) is 14.6. The Kier molecular flexibility index (Phi) is 4.97. The maximum atomic E-state index is 13.0. The Morgan fingerprint density at radius 1 is 1.13 bits per heavy atom. The minimum Gasteiger partial charge on any atom is -0.387 e. The SMILES string of the molecule is CN1CCC[C@](C)(C(=O)N2CC[C@](O)(CN3CCOCC3)C2)C1. The van der Waals surface area contributed by atoms with Gasteiger partial charge in [0.05, 0.1) is 30.8 Å². The summed E-state index contributed by atoms with van der Waals surface area (Å²) < 4.78 is 5.37. The van der Waals surface area contributed by atoms with E-state index in [0.717, 1.165) is 52.2 Å². The summed E-state index contributed by atoms with van der Waals surface area (Å²) in [6.07, 6.45) is 2.71. The minimum absolute atomic E-state index is 0.224. The fourth-order valence-corrected chi connectivity index (χ4v) is 4.38. The monoisotopic (exact) mass is 325 g/mol. The number of piperidine rings is 1. The van der Waals surface area contributed by atoms with E-state index in [4.69, 9.17) is 4.74 Å². The number of morpholine rings is 1. The number of carbonyl (C=O) groups is 1. The summed E-state index contributed by atoms with van der Waals surface area (Å²) in [5.41, 5.74) is -1.05. The highest BCUT2D eigenvalue weighted by Crippen LogP contribution is 2.34. The number of carbonyl (C=O) groups excluding carboxylic acids is 1. The summed E-state index contributed by atoms with van der Waals surface area (Å²) in [7, 11) is 2.09. The molecule has 6 heteroatoms. The van der Waals surface area contributed by atoms with Crippen molar-refractivity contribution in [2.75, 3.05) is 66.1 Å². The van der Waals surface area contributed by atoms with E-state index in [1.54, 1.807) is 0 Å². The quantitative estimate of drug-likeness (QED) is 0.792. The third-order valence-corrected chi connectivity index (χ3v) is 5.64. The Balaban J connectivity index is 1.58. The molecule has 0 aromatic rings. The minimum atomic E-state index is -0.760. The third-order valence-electron chi connectivity index (χ3n) is 5.64. The maximum absolute atomic E-state index is 13.0. The number of nitrogens with zero attached hydrogens (tertiary/aromatic N) is 3. The van der Waals surface area contributed by atoms with E-state index in [-0.39, 0.29) is 11.3 Å². The highest BCUT2D eigenvalue weighted by molar-refractivity contribution is 5.83. The number of ether oxygens (including phenoxy) is 1. The Morgan fingerprint density at radius 2 is 1.87 bits per heavy atom. The van der Waals surface area contributed by atoms with Crippen LogP contribution in [0.3, 0.4) is 0 Å². The van der Waals surface area contributed by atoms with Crippen molar-refractivity contribution < 1.29 is 14.6 Å².